The van der Waals surface area contributed by atoms with Gasteiger partial charge in [-0.1, -0.05) is 73.5 Å². The predicted molar refractivity (Wildman–Crippen MR) is 134 cm³/mol. The van der Waals surface area contributed by atoms with Gasteiger partial charge in [-0.25, -0.2) is 9.78 Å². The highest BCUT2D eigenvalue weighted by Gasteiger charge is 2.28. The molecule has 0 aliphatic rings. The first-order valence-electron chi connectivity index (χ1n) is 11.7. The Bertz CT molecular complexity index is 1100. The van der Waals surface area contributed by atoms with Crippen molar-refractivity contribution >= 4 is 23.5 Å². The fraction of sp³-hybridized carbons (Fsp3) is 0.370. The molecule has 0 aliphatic carbocycles. The van der Waals surface area contributed by atoms with Gasteiger partial charge >= 0.3 is 5.97 Å². The number of benzene rings is 2. The predicted octanol–water partition coefficient (Wildman–Crippen LogP) is 5.01. The summed E-state index contributed by atoms with van der Waals surface area (Å²) in [6, 6.07) is 16.2. The highest BCUT2D eigenvalue weighted by atomic mass is 35.5. The molecule has 1 N–H and O–H groups in total. The summed E-state index contributed by atoms with van der Waals surface area (Å²) in [6.07, 6.45) is 5.54. The van der Waals surface area contributed by atoms with Gasteiger partial charge in [0.25, 0.3) is 0 Å². The van der Waals surface area contributed by atoms with Gasteiger partial charge in [0.15, 0.2) is 0 Å². The average Bonchev–Trinajstić information content (AvgIpc) is 3.20. The number of rotatable bonds is 12. The standard InChI is InChI=1S/C27H32ClN3O3/c1-3-4-14-26-29-18-23(31(26)19-22-12-8-9-13-24(22)28)15-16-30(20(2)32)25(27(33)34)17-21-10-6-5-7-11-21/h5-13,18,25H,3-4,14-17,19H2,1-2H3,(H,33,34). The second-order valence-corrected chi connectivity index (χ2v) is 8.86. The van der Waals surface area contributed by atoms with Crippen molar-refractivity contribution in [2.75, 3.05) is 6.54 Å². The van der Waals surface area contributed by atoms with Crippen molar-refractivity contribution < 1.29 is 14.7 Å². The van der Waals surface area contributed by atoms with Gasteiger partial charge in [0, 0.05) is 49.6 Å². The molecule has 2 aromatic carbocycles. The molecule has 0 spiro atoms. The lowest BCUT2D eigenvalue weighted by molar-refractivity contribution is -0.149. The van der Waals surface area contributed by atoms with E-state index in [0.29, 0.717) is 24.5 Å². The van der Waals surface area contributed by atoms with E-state index in [4.69, 9.17) is 11.6 Å². The van der Waals surface area contributed by atoms with Crippen LogP contribution in [0, 0.1) is 0 Å². The average molecular weight is 482 g/mol. The zero-order chi connectivity index (χ0) is 24.5. The molecule has 0 saturated heterocycles. The van der Waals surface area contributed by atoms with Gasteiger partial charge in [0.1, 0.15) is 11.9 Å². The molecule has 3 rings (SSSR count). The minimum absolute atomic E-state index is 0.258. The number of hydrogen-bond donors (Lipinski definition) is 1. The highest BCUT2D eigenvalue weighted by Crippen LogP contribution is 2.20. The van der Waals surface area contributed by atoms with Gasteiger partial charge in [-0.15, -0.1) is 0 Å². The van der Waals surface area contributed by atoms with Gasteiger partial charge in [-0.2, -0.15) is 0 Å². The molecule has 1 aromatic heterocycles. The molecule has 0 bridgehead atoms. The first kappa shape index (κ1) is 25.5. The summed E-state index contributed by atoms with van der Waals surface area (Å²) in [4.78, 5) is 30.7. The molecule has 3 aromatic rings. The molecule has 0 aliphatic heterocycles. The Morgan fingerprint density at radius 1 is 1.09 bits per heavy atom. The van der Waals surface area contributed by atoms with Crippen LogP contribution in [0.25, 0.3) is 0 Å². The number of aliphatic carboxylic acids is 1. The molecule has 180 valence electrons. The summed E-state index contributed by atoms with van der Waals surface area (Å²) in [7, 11) is 0. The van der Waals surface area contributed by atoms with E-state index in [1.54, 1.807) is 0 Å². The summed E-state index contributed by atoms with van der Waals surface area (Å²) >= 11 is 6.42. The van der Waals surface area contributed by atoms with Crippen LogP contribution in [0.1, 0.15) is 49.3 Å². The molecule has 34 heavy (non-hydrogen) atoms. The first-order valence-corrected chi connectivity index (χ1v) is 12.1. The second-order valence-electron chi connectivity index (χ2n) is 8.45. The van der Waals surface area contributed by atoms with E-state index in [2.05, 4.69) is 16.5 Å². The van der Waals surface area contributed by atoms with E-state index >= 15 is 0 Å². The Hall–Kier alpha value is -3.12. The number of hydrogen-bond acceptors (Lipinski definition) is 3. The summed E-state index contributed by atoms with van der Waals surface area (Å²) in [5.74, 6) is -0.288. The number of aryl methyl sites for hydroxylation is 1. The quantitative estimate of drug-likeness (QED) is 0.394. The Balaban J connectivity index is 1.83. The monoisotopic (exact) mass is 481 g/mol. The molecule has 7 heteroatoms. The van der Waals surface area contributed by atoms with Crippen LogP contribution in [0.4, 0.5) is 0 Å². The molecule has 1 heterocycles. The van der Waals surface area contributed by atoms with Gasteiger partial charge in [-0.3, -0.25) is 4.79 Å². The summed E-state index contributed by atoms with van der Waals surface area (Å²) < 4.78 is 2.15. The number of amides is 1. The van der Waals surface area contributed by atoms with Crippen molar-refractivity contribution in [2.45, 2.75) is 58.5 Å². The number of imidazole rings is 1. The number of halogens is 1. The smallest absolute Gasteiger partial charge is 0.326 e. The lowest BCUT2D eigenvalue weighted by Crippen LogP contribution is -2.46. The van der Waals surface area contributed by atoms with Gasteiger partial charge in [-0.05, 0) is 23.6 Å². The van der Waals surface area contributed by atoms with Crippen LogP contribution < -0.4 is 0 Å². The highest BCUT2D eigenvalue weighted by molar-refractivity contribution is 6.31. The van der Waals surface area contributed by atoms with Crippen molar-refractivity contribution in [3.63, 3.8) is 0 Å². The van der Waals surface area contributed by atoms with E-state index in [0.717, 1.165) is 41.9 Å². The van der Waals surface area contributed by atoms with Crippen LogP contribution in [0.5, 0.6) is 0 Å². The van der Waals surface area contributed by atoms with Crippen LogP contribution in [0.3, 0.4) is 0 Å². The Kier molecular flexibility index (Phi) is 9.28. The summed E-state index contributed by atoms with van der Waals surface area (Å²) in [5.41, 5.74) is 2.84. The SMILES string of the molecule is CCCCc1ncc(CCN(C(C)=O)C(Cc2ccccc2)C(=O)O)n1Cc1ccccc1Cl. The number of unbranched alkanes of at least 4 members (excludes halogenated alkanes) is 1. The molecule has 0 radical (unpaired) electrons. The molecule has 0 saturated carbocycles. The van der Waals surface area contributed by atoms with Crippen LogP contribution in [-0.2, 0) is 35.4 Å². The molecule has 1 amide bonds. The Labute approximate surface area is 206 Å². The number of carbonyl (C=O) groups excluding carboxylic acids is 1. The minimum atomic E-state index is -1.01. The first-order chi connectivity index (χ1) is 16.4. The second kappa shape index (κ2) is 12.4. The number of carboxylic acids is 1. The normalized spacial score (nSPS) is 11.9. The van der Waals surface area contributed by atoms with E-state index in [9.17, 15) is 14.7 Å². The van der Waals surface area contributed by atoms with E-state index in [1.165, 1.54) is 11.8 Å². The minimum Gasteiger partial charge on any atom is -0.480 e. The third-order valence-corrected chi connectivity index (χ3v) is 6.38. The Morgan fingerprint density at radius 3 is 2.44 bits per heavy atom. The van der Waals surface area contributed by atoms with Crippen molar-refractivity contribution in [3.05, 3.63) is 88.5 Å². The number of aromatic nitrogens is 2. The third kappa shape index (κ3) is 6.70. The van der Waals surface area contributed by atoms with Crippen molar-refractivity contribution in [1.29, 1.82) is 0 Å². The maximum Gasteiger partial charge on any atom is 0.326 e. The zero-order valence-electron chi connectivity index (χ0n) is 19.8. The van der Waals surface area contributed by atoms with Gasteiger partial charge in [0.2, 0.25) is 5.91 Å². The molecule has 6 nitrogen and oxygen atoms in total. The van der Waals surface area contributed by atoms with Crippen molar-refractivity contribution in [2.24, 2.45) is 0 Å². The van der Waals surface area contributed by atoms with Crippen molar-refractivity contribution in [1.82, 2.24) is 14.5 Å². The van der Waals surface area contributed by atoms with Crippen LogP contribution in [0.2, 0.25) is 5.02 Å². The third-order valence-electron chi connectivity index (χ3n) is 6.01. The molecule has 1 unspecified atom stereocenters. The molecular formula is C27H32ClN3O3. The lowest BCUT2D eigenvalue weighted by Gasteiger charge is -2.28. The lowest BCUT2D eigenvalue weighted by atomic mass is 10.0. The summed E-state index contributed by atoms with van der Waals surface area (Å²) in [6.45, 7) is 4.45. The molecular weight excluding hydrogens is 450 g/mol. The van der Waals surface area contributed by atoms with E-state index in [-0.39, 0.29) is 12.3 Å². The molecule has 1 atom stereocenters. The largest absolute Gasteiger partial charge is 0.480 e. The number of nitrogens with zero attached hydrogens (tertiary/aromatic N) is 3. The van der Waals surface area contributed by atoms with E-state index < -0.39 is 12.0 Å². The maximum absolute atomic E-state index is 12.5. The van der Waals surface area contributed by atoms with Crippen molar-refractivity contribution in [3.8, 4) is 0 Å². The fourth-order valence-corrected chi connectivity index (χ4v) is 4.31. The van der Waals surface area contributed by atoms with Gasteiger partial charge < -0.3 is 14.6 Å². The number of carboxylic acid groups (broad SMARTS) is 1. The van der Waals surface area contributed by atoms with Crippen LogP contribution in [0.15, 0.2) is 60.8 Å². The molecule has 0 fully saturated rings. The zero-order valence-corrected chi connectivity index (χ0v) is 20.5. The summed E-state index contributed by atoms with van der Waals surface area (Å²) in [5, 5.41) is 10.6. The van der Waals surface area contributed by atoms with Crippen LogP contribution in [-0.4, -0.2) is 44.0 Å². The topological polar surface area (TPSA) is 75.4 Å². The fourth-order valence-electron chi connectivity index (χ4n) is 4.11. The number of carbonyl (C=O) groups is 2. The Morgan fingerprint density at radius 2 is 1.79 bits per heavy atom. The maximum atomic E-state index is 12.5. The van der Waals surface area contributed by atoms with Crippen LogP contribution >= 0.6 is 11.6 Å². The van der Waals surface area contributed by atoms with E-state index in [1.807, 2.05) is 60.8 Å². The van der Waals surface area contributed by atoms with Gasteiger partial charge in [0.05, 0.1) is 6.54 Å².